The standard InChI is InChI=1S/C17H29N3O2/c1-11(2)20-8-7-18-16(20)14-9-13(19-12(3)21)10-15(22-14)17(4,5)6/h7-8,11,13-15H,9-10H2,1-6H3,(H,19,21)/t13-,14-,15+/m0/s1. The van der Waals surface area contributed by atoms with Crippen molar-refractivity contribution >= 4 is 5.91 Å². The molecule has 2 heterocycles. The fraction of sp³-hybridized carbons (Fsp3) is 0.765. The number of nitrogens with one attached hydrogen (secondary N) is 1. The molecule has 1 saturated heterocycles. The van der Waals surface area contributed by atoms with E-state index in [-0.39, 0.29) is 29.6 Å². The summed E-state index contributed by atoms with van der Waals surface area (Å²) >= 11 is 0. The lowest BCUT2D eigenvalue weighted by molar-refractivity contribution is -0.128. The summed E-state index contributed by atoms with van der Waals surface area (Å²) < 4.78 is 8.52. The van der Waals surface area contributed by atoms with Gasteiger partial charge in [0.05, 0.1) is 6.10 Å². The summed E-state index contributed by atoms with van der Waals surface area (Å²) in [4.78, 5) is 16.0. The van der Waals surface area contributed by atoms with E-state index in [4.69, 9.17) is 4.74 Å². The first-order valence-electron chi connectivity index (χ1n) is 8.13. The van der Waals surface area contributed by atoms with Crippen LogP contribution in [-0.4, -0.2) is 27.6 Å². The minimum atomic E-state index is -0.0766. The van der Waals surface area contributed by atoms with E-state index in [1.807, 2.05) is 12.4 Å². The summed E-state index contributed by atoms with van der Waals surface area (Å²) in [6.07, 6.45) is 5.47. The molecule has 0 unspecified atom stereocenters. The Morgan fingerprint density at radius 2 is 2.09 bits per heavy atom. The number of carbonyl (C=O) groups is 1. The molecule has 0 aromatic carbocycles. The van der Waals surface area contributed by atoms with Crippen LogP contribution in [0.15, 0.2) is 12.4 Å². The number of carbonyl (C=O) groups excluding carboxylic acids is 1. The Kier molecular flexibility index (Phi) is 4.95. The smallest absolute Gasteiger partial charge is 0.217 e. The van der Waals surface area contributed by atoms with Crippen LogP contribution in [0.3, 0.4) is 0 Å². The molecule has 1 aromatic rings. The zero-order chi connectivity index (χ0) is 16.5. The molecule has 0 bridgehead atoms. The Hall–Kier alpha value is -1.36. The molecule has 5 heteroatoms. The maximum Gasteiger partial charge on any atom is 0.217 e. The molecular formula is C17H29N3O2. The van der Waals surface area contributed by atoms with E-state index in [0.29, 0.717) is 6.04 Å². The van der Waals surface area contributed by atoms with E-state index >= 15 is 0 Å². The van der Waals surface area contributed by atoms with E-state index in [0.717, 1.165) is 18.7 Å². The predicted molar refractivity (Wildman–Crippen MR) is 86.5 cm³/mol. The number of hydrogen-bond donors (Lipinski definition) is 1. The van der Waals surface area contributed by atoms with Gasteiger partial charge in [0.15, 0.2) is 0 Å². The van der Waals surface area contributed by atoms with Gasteiger partial charge in [-0.3, -0.25) is 4.79 Å². The summed E-state index contributed by atoms with van der Waals surface area (Å²) in [5.41, 5.74) is 0.0324. The third kappa shape index (κ3) is 3.88. The third-order valence-electron chi connectivity index (χ3n) is 4.24. The molecule has 1 aliphatic heterocycles. The highest BCUT2D eigenvalue weighted by atomic mass is 16.5. The first-order valence-corrected chi connectivity index (χ1v) is 8.13. The van der Waals surface area contributed by atoms with Gasteiger partial charge in [0, 0.05) is 37.8 Å². The number of aromatic nitrogens is 2. The summed E-state index contributed by atoms with van der Waals surface area (Å²) in [6, 6.07) is 0.480. The van der Waals surface area contributed by atoms with Crippen molar-refractivity contribution in [2.75, 3.05) is 0 Å². The molecule has 124 valence electrons. The maximum atomic E-state index is 11.5. The van der Waals surface area contributed by atoms with Crippen LogP contribution in [0.5, 0.6) is 0 Å². The second-order valence-electron chi connectivity index (χ2n) is 7.63. The van der Waals surface area contributed by atoms with Gasteiger partial charge in [0.1, 0.15) is 11.9 Å². The number of ether oxygens (including phenoxy) is 1. The highest BCUT2D eigenvalue weighted by Gasteiger charge is 2.38. The summed E-state index contributed by atoms with van der Waals surface area (Å²) in [7, 11) is 0. The molecule has 5 nitrogen and oxygen atoms in total. The Morgan fingerprint density at radius 3 is 2.64 bits per heavy atom. The van der Waals surface area contributed by atoms with Crippen molar-refractivity contribution in [3.8, 4) is 0 Å². The van der Waals surface area contributed by atoms with Gasteiger partial charge in [-0.05, 0) is 25.7 Å². The van der Waals surface area contributed by atoms with Crippen molar-refractivity contribution in [3.05, 3.63) is 18.2 Å². The van der Waals surface area contributed by atoms with E-state index < -0.39 is 0 Å². The molecule has 22 heavy (non-hydrogen) atoms. The highest BCUT2D eigenvalue weighted by Crippen LogP contribution is 2.38. The lowest BCUT2D eigenvalue weighted by atomic mass is 9.82. The van der Waals surface area contributed by atoms with Crippen LogP contribution >= 0.6 is 0 Å². The second-order valence-corrected chi connectivity index (χ2v) is 7.63. The minimum Gasteiger partial charge on any atom is -0.366 e. The average molecular weight is 307 g/mol. The van der Waals surface area contributed by atoms with Crippen LogP contribution in [0.2, 0.25) is 0 Å². The van der Waals surface area contributed by atoms with Gasteiger partial charge in [-0.15, -0.1) is 0 Å². The molecule has 0 saturated carbocycles. The van der Waals surface area contributed by atoms with Crippen LogP contribution < -0.4 is 5.32 Å². The van der Waals surface area contributed by atoms with Crippen LogP contribution in [-0.2, 0) is 9.53 Å². The van der Waals surface area contributed by atoms with Crippen molar-refractivity contribution in [1.29, 1.82) is 0 Å². The molecule has 0 radical (unpaired) electrons. The first-order chi connectivity index (χ1) is 10.2. The number of nitrogens with zero attached hydrogens (tertiary/aromatic N) is 2. The maximum absolute atomic E-state index is 11.5. The van der Waals surface area contributed by atoms with E-state index in [2.05, 4.69) is 49.5 Å². The summed E-state index contributed by atoms with van der Waals surface area (Å²) in [5.74, 6) is 0.977. The minimum absolute atomic E-state index is 0.0190. The van der Waals surface area contributed by atoms with E-state index in [9.17, 15) is 4.79 Å². The van der Waals surface area contributed by atoms with Crippen LogP contribution in [0.1, 0.15) is 72.4 Å². The SMILES string of the molecule is CC(=O)N[C@H]1C[C@@H](c2nccn2C(C)C)O[C@@H](C(C)(C)C)C1. The van der Waals surface area contributed by atoms with E-state index in [1.54, 1.807) is 6.92 Å². The fourth-order valence-corrected chi connectivity index (χ4v) is 3.06. The Labute approximate surface area is 133 Å². The quantitative estimate of drug-likeness (QED) is 0.932. The van der Waals surface area contributed by atoms with Gasteiger partial charge in [0.2, 0.25) is 5.91 Å². The first kappa shape index (κ1) is 17.0. The van der Waals surface area contributed by atoms with Crippen LogP contribution in [0.4, 0.5) is 0 Å². The van der Waals surface area contributed by atoms with Gasteiger partial charge in [-0.2, -0.15) is 0 Å². The highest BCUT2D eigenvalue weighted by molar-refractivity contribution is 5.73. The van der Waals surface area contributed by atoms with Gasteiger partial charge < -0.3 is 14.6 Å². The van der Waals surface area contributed by atoms with Crippen LogP contribution in [0.25, 0.3) is 0 Å². The molecule has 1 N–H and O–H groups in total. The molecule has 0 aliphatic carbocycles. The number of rotatable bonds is 3. The van der Waals surface area contributed by atoms with Crippen molar-refractivity contribution < 1.29 is 9.53 Å². The number of imidazole rings is 1. The van der Waals surface area contributed by atoms with Crippen molar-refractivity contribution in [3.63, 3.8) is 0 Å². The molecule has 2 rings (SSSR count). The topological polar surface area (TPSA) is 56.2 Å². The average Bonchev–Trinajstić information content (AvgIpc) is 2.85. The molecule has 1 aliphatic rings. The molecule has 1 fully saturated rings. The fourth-order valence-electron chi connectivity index (χ4n) is 3.06. The second kappa shape index (κ2) is 6.41. The normalized spacial score (nSPS) is 26.2. The summed E-state index contributed by atoms with van der Waals surface area (Å²) in [6.45, 7) is 12.4. The van der Waals surface area contributed by atoms with Gasteiger partial charge >= 0.3 is 0 Å². The largest absolute Gasteiger partial charge is 0.366 e. The van der Waals surface area contributed by atoms with Crippen molar-refractivity contribution in [2.45, 2.75) is 78.7 Å². The lowest BCUT2D eigenvalue weighted by Crippen LogP contribution is -2.46. The molecule has 1 amide bonds. The molecule has 0 spiro atoms. The van der Waals surface area contributed by atoms with Gasteiger partial charge in [-0.1, -0.05) is 20.8 Å². The molecular weight excluding hydrogens is 278 g/mol. The Balaban J connectivity index is 2.25. The monoisotopic (exact) mass is 307 g/mol. The van der Waals surface area contributed by atoms with Crippen molar-refractivity contribution in [2.24, 2.45) is 5.41 Å². The Morgan fingerprint density at radius 1 is 1.41 bits per heavy atom. The Bertz CT molecular complexity index is 516. The lowest BCUT2D eigenvalue weighted by Gasteiger charge is -2.41. The summed E-state index contributed by atoms with van der Waals surface area (Å²) in [5, 5.41) is 3.07. The third-order valence-corrected chi connectivity index (χ3v) is 4.24. The van der Waals surface area contributed by atoms with Gasteiger partial charge in [-0.25, -0.2) is 4.98 Å². The zero-order valence-corrected chi connectivity index (χ0v) is 14.6. The van der Waals surface area contributed by atoms with Gasteiger partial charge in [0.25, 0.3) is 0 Å². The zero-order valence-electron chi connectivity index (χ0n) is 14.6. The van der Waals surface area contributed by atoms with E-state index in [1.165, 1.54) is 0 Å². The number of amides is 1. The molecule has 1 aromatic heterocycles. The number of hydrogen-bond acceptors (Lipinski definition) is 3. The van der Waals surface area contributed by atoms with Crippen LogP contribution in [0, 0.1) is 5.41 Å². The predicted octanol–water partition coefficient (Wildman–Crippen LogP) is 3.23. The molecule has 3 atom stereocenters. The van der Waals surface area contributed by atoms with Crippen molar-refractivity contribution in [1.82, 2.24) is 14.9 Å².